The molecular formula is C18H23NO3. The summed E-state index contributed by atoms with van der Waals surface area (Å²) in [7, 11) is 0. The average molecular weight is 301 g/mol. The maximum absolute atomic E-state index is 11.9. The minimum absolute atomic E-state index is 0.249. The summed E-state index contributed by atoms with van der Waals surface area (Å²) < 4.78 is 11.0. The maximum atomic E-state index is 11.9. The number of carbonyl (C=O) groups excluding carboxylic acids is 1. The summed E-state index contributed by atoms with van der Waals surface area (Å²) in [5.41, 5.74) is 0.720. The van der Waals surface area contributed by atoms with Gasteiger partial charge in [0.2, 0.25) is 0 Å². The number of rotatable bonds is 8. The van der Waals surface area contributed by atoms with Gasteiger partial charge in [0, 0.05) is 5.69 Å². The second-order valence-electron chi connectivity index (χ2n) is 5.30. The minimum atomic E-state index is -0.249. The molecule has 0 unspecified atom stereocenters. The zero-order valence-corrected chi connectivity index (χ0v) is 13.2. The zero-order valence-electron chi connectivity index (χ0n) is 13.2. The molecule has 1 aromatic carbocycles. The highest BCUT2D eigenvalue weighted by atomic mass is 16.5. The molecule has 1 aromatic heterocycles. The summed E-state index contributed by atoms with van der Waals surface area (Å²) in [6, 6.07) is 10.8. The third kappa shape index (κ3) is 4.95. The van der Waals surface area contributed by atoms with E-state index in [1.807, 2.05) is 31.2 Å². The van der Waals surface area contributed by atoms with Crippen LogP contribution < -0.4 is 10.1 Å². The van der Waals surface area contributed by atoms with Crippen molar-refractivity contribution in [2.24, 2.45) is 0 Å². The van der Waals surface area contributed by atoms with Gasteiger partial charge in [-0.3, -0.25) is 4.79 Å². The molecule has 4 heteroatoms. The van der Waals surface area contributed by atoms with Crippen LogP contribution in [0.4, 0.5) is 5.69 Å². The molecule has 2 aromatic rings. The van der Waals surface area contributed by atoms with Crippen molar-refractivity contribution in [3.05, 3.63) is 47.9 Å². The number of nitrogens with one attached hydrogen (secondary N) is 1. The molecule has 0 atom stereocenters. The smallest absolute Gasteiger partial charge is 0.291 e. The van der Waals surface area contributed by atoms with E-state index in [2.05, 4.69) is 12.2 Å². The number of aryl methyl sites for hydroxylation is 1. The molecule has 0 aliphatic carbocycles. The van der Waals surface area contributed by atoms with E-state index in [4.69, 9.17) is 9.15 Å². The lowest BCUT2D eigenvalue weighted by molar-refractivity contribution is 0.0995. The minimum Gasteiger partial charge on any atom is -0.494 e. The first kappa shape index (κ1) is 16.1. The van der Waals surface area contributed by atoms with Crippen LogP contribution in [0, 0.1) is 6.92 Å². The van der Waals surface area contributed by atoms with Crippen LogP contribution in [0.3, 0.4) is 0 Å². The summed E-state index contributed by atoms with van der Waals surface area (Å²) in [4.78, 5) is 11.9. The highest BCUT2D eigenvalue weighted by molar-refractivity contribution is 6.02. The van der Waals surface area contributed by atoms with Gasteiger partial charge >= 0.3 is 0 Å². The molecule has 0 bridgehead atoms. The Kier molecular flexibility index (Phi) is 6.07. The predicted octanol–water partition coefficient (Wildman–Crippen LogP) is 4.80. The van der Waals surface area contributed by atoms with Crippen molar-refractivity contribution in [1.82, 2.24) is 0 Å². The van der Waals surface area contributed by atoms with Crippen molar-refractivity contribution in [2.45, 2.75) is 39.5 Å². The normalized spacial score (nSPS) is 10.5. The van der Waals surface area contributed by atoms with Crippen molar-refractivity contribution < 1.29 is 13.9 Å². The third-order valence-corrected chi connectivity index (χ3v) is 3.34. The number of amides is 1. The summed E-state index contributed by atoms with van der Waals surface area (Å²) in [5.74, 6) is 1.61. The SMILES string of the molecule is CCCCCCOc1ccc(NC(=O)c2ccc(C)o2)cc1. The van der Waals surface area contributed by atoms with Gasteiger partial charge in [0.25, 0.3) is 5.91 Å². The molecule has 22 heavy (non-hydrogen) atoms. The Morgan fingerprint density at radius 2 is 1.86 bits per heavy atom. The molecule has 0 saturated carbocycles. The van der Waals surface area contributed by atoms with Crippen molar-refractivity contribution in [3.8, 4) is 5.75 Å². The van der Waals surface area contributed by atoms with Crippen LogP contribution in [0.2, 0.25) is 0 Å². The molecule has 1 heterocycles. The Morgan fingerprint density at radius 1 is 1.09 bits per heavy atom. The van der Waals surface area contributed by atoms with Crippen LogP contribution in [-0.4, -0.2) is 12.5 Å². The summed E-state index contributed by atoms with van der Waals surface area (Å²) in [6.45, 7) is 4.73. The fourth-order valence-electron chi connectivity index (χ4n) is 2.10. The Bertz CT molecular complexity index is 587. The fraction of sp³-hybridized carbons (Fsp3) is 0.389. The van der Waals surface area contributed by atoms with E-state index in [9.17, 15) is 4.79 Å². The largest absolute Gasteiger partial charge is 0.494 e. The zero-order chi connectivity index (χ0) is 15.8. The van der Waals surface area contributed by atoms with Gasteiger partial charge in [-0.1, -0.05) is 26.2 Å². The molecule has 118 valence electrons. The van der Waals surface area contributed by atoms with Gasteiger partial charge in [-0.2, -0.15) is 0 Å². The van der Waals surface area contributed by atoms with Crippen molar-refractivity contribution in [3.63, 3.8) is 0 Å². The number of anilines is 1. The van der Waals surface area contributed by atoms with E-state index in [1.54, 1.807) is 12.1 Å². The second-order valence-corrected chi connectivity index (χ2v) is 5.30. The number of carbonyl (C=O) groups is 1. The summed E-state index contributed by atoms with van der Waals surface area (Å²) in [5, 5.41) is 2.79. The summed E-state index contributed by atoms with van der Waals surface area (Å²) >= 11 is 0. The molecule has 2 rings (SSSR count). The average Bonchev–Trinajstić information content (AvgIpc) is 2.95. The molecule has 1 amide bonds. The van der Waals surface area contributed by atoms with Gasteiger partial charge in [-0.25, -0.2) is 0 Å². The molecule has 0 fully saturated rings. The first-order valence-electron chi connectivity index (χ1n) is 7.79. The van der Waals surface area contributed by atoms with E-state index in [0.29, 0.717) is 5.76 Å². The Labute approximate surface area is 131 Å². The Hall–Kier alpha value is -2.23. The standard InChI is InChI=1S/C18H23NO3/c1-3-4-5-6-13-21-16-10-8-15(9-11-16)19-18(20)17-12-7-14(2)22-17/h7-12H,3-6,13H2,1-2H3,(H,19,20). The number of furan rings is 1. The van der Waals surface area contributed by atoms with E-state index >= 15 is 0 Å². The fourth-order valence-corrected chi connectivity index (χ4v) is 2.10. The lowest BCUT2D eigenvalue weighted by Gasteiger charge is -2.07. The maximum Gasteiger partial charge on any atom is 0.291 e. The topological polar surface area (TPSA) is 51.5 Å². The number of ether oxygens (including phenoxy) is 1. The lowest BCUT2D eigenvalue weighted by Crippen LogP contribution is -2.10. The monoisotopic (exact) mass is 301 g/mol. The number of benzene rings is 1. The van der Waals surface area contributed by atoms with Crippen molar-refractivity contribution in [2.75, 3.05) is 11.9 Å². The van der Waals surface area contributed by atoms with Crippen LogP contribution >= 0.6 is 0 Å². The van der Waals surface area contributed by atoms with Crippen molar-refractivity contribution >= 4 is 11.6 Å². The first-order valence-corrected chi connectivity index (χ1v) is 7.79. The molecule has 4 nitrogen and oxygen atoms in total. The number of hydrogen-bond acceptors (Lipinski definition) is 3. The lowest BCUT2D eigenvalue weighted by atomic mass is 10.2. The summed E-state index contributed by atoms with van der Waals surface area (Å²) in [6.07, 6.45) is 4.75. The van der Waals surface area contributed by atoms with Crippen LogP contribution in [0.25, 0.3) is 0 Å². The molecule has 1 N–H and O–H groups in total. The number of hydrogen-bond donors (Lipinski definition) is 1. The van der Waals surface area contributed by atoms with Gasteiger partial charge in [-0.15, -0.1) is 0 Å². The Balaban J connectivity index is 1.80. The quantitative estimate of drug-likeness (QED) is 0.712. The van der Waals surface area contributed by atoms with Gasteiger partial charge < -0.3 is 14.5 Å². The molecule has 0 aliphatic rings. The molecule has 0 aliphatic heterocycles. The van der Waals surface area contributed by atoms with Gasteiger partial charge in [0.05, 0.1) is 6.61 Å². The van der Waals surface area contributed by atoms with Crippen LogP contribution in [0.5, 0.6) is 5.75 Å². The van der Waals surface area contributed by atoms with Gasteiger partial charge in [0.15, 0.2) is 5.76 Å². The third-order valence-electron chi connectivity index (χ3n) is 3.34. The van der Waals surface area contributed by atoms with E-state index in [-0.39, 0.29) is 5.91 Å². The molecule has 0 spiro atoms. The van der Waals surface area contributed by atoms with E-state index in [0.717, 1.165) is 30.2 Å². The predicted molar refractivity (Wildman–Crippen MR) is 87.5 cm³/mol. The first-order chi connectivity index (χ1) is 10.7. The van der Waals surface area contributed by atoms with Gasteiger partial charge in [-0.05, 0) is 49.7 Å². The highest BCUT2D eigenvalue weighted by Crippen LogP contribution is 2.17. The van der Waals surface area contributed by atoms with Crippen LogP contribution in [-0.2, 0) is 0 Å². The van der Waals surface area contributed by atoms with Crippen LogP contribution in [0.15, 0.2) is 40.8 Å². The van der Waals surface area contributed by atoms with E-state index in [1.165, 1.54) is 19.3 Å². The Morgan fingerprint density at radius 3 is 2.50 bits per heavy atom. The number of unbranched alkanes of at least 4 members (excludes halogenated alkanes) is 3. The van der Waals surface area contributed by atoms with Crippen LogP contribution in [0.1, 0.15) is 48.9 Å². The van der Waals surface area contributed by atoms with E-state index < -0.39 is 0 Å². The highest BCUT2D eigenvalue weighted by Gasteiger charge is 2.09. The van der Waals surface area contributed by atoms with Crippen molar-refractivity contribution in [1.29, 1.82) is 0 Å². The molecule has 0 saturated heterocycles. The molecule has 0 radical (unpaired) electrons. The molecular weight excluding hydrogens is 278 g/mol. The van der Waals surface area contributed by atoms with Gasteiger partial charge in [0.1, 0.15) is 11.5 Å². The second kappa shape index (κ2) is 8.27.